The zero-order chi connectivity index (χ0) is 8.91. The van der Waals surface area contributed by atoms with Crippen molar-refractivity contribution in [2.45, 2.75) is 38.4 Å². The molecule has 0 unspecified atom stereocenters. The smallest absolute Gasteiger partial charge is 0.162 e. The molecular weight excluding hydrogens is 144 g/mol. The molecule has 11 heavy (non-hydrogen) atoms. The second-order valence-electron chi connectivity index (χ2n) is 2.71. The Bertz CT molecular complexity index is 134. The van der Waals surface area contributed by atoms with Gasteiger partial charge in [0.1, 0.15) is 0 Å². The van der Waals surface area contributed by atoms with Gasteiger partial charge in [0.05, 0.1) is 5.84 Å². The summed E-state index contributed by atoms with van der Waals surface area (Å²) in [4.78, 5) is 0. The Hall–Kier alpha value is -0.610. The maximum absolute atomic E-state index is 9.08. The molecule has 0 atom stereocenters. The molecule has 0 fully saturated rings. The van der Waals surface area contributed by atoms with E-state index in [0.717, 1.165) is 0 Å². The molecule has 0 aromatic heterocycles. The van der Waals surface area contributed by atoms with Crippen molar-refractivity contribution < 1.29 is 10.2 Å². The van der Waals surface area contributed by atoms with Crippen molar-refractivity contribution in [3.05, 3.63) is 0 Å². The van der Waals surface area contributed by atoms with E-state index in [1.54, 1.807) is 6.92 Å². The minimum atomic E-state index is -1.57. The van der Waals surface area contributed by atoms with Gasteiger partial charge in [0.15, 0.2) is 5.79 Å². The van der Waals surface area contributed by atoms with Gasteiger partial charge in [-0.1, -0.05) is 6.92 Å². The molecule has 0 radical (unpaired) electrons. The molecule has 4 heteroatoms. The van der Waals surface area contributed by atoms with E-state index in [9.17, 15) is 0 Å². The molecule has 0 aromatic rings. The summed E-state index contributed by atoms with van der Waals surface area (Å²) in [5, 5.41) is 25.0. The molecule has 66 valence electrons. The van der Waals surface area contributed by atoms with Gasteiger partial charge in [0, 0.05) is 12.8 Å². The van der Waals surface area contributed by atoms with Crippen LogP contribution in [-0.4, -0.2) is 21.8 Å². The molecule has 5 N–H and O–H groups in total. The normalized spacial score (nSPS) is 11.5. The van der Waals surface area contributed by atoms with Crippen LogP contribution in [0.3, 0.4) is 0 Å². The number of hydrogen-bond donors (Lipinski definition) is 4. The number of hydrogen-bond acceptors (Lipinski definition) is 3. The lowest BCUT2D eigenvalue weighted by molar-refractivity contribution is -0.167. The number of nitrogens with one attached hydrogen (secondary N) is 1. The summed E-state index contributed by atoms with van der Waals surface area (Å²) < 4.78 is 0. The third-order valence-electron chi connectivity index (χ3n) is 1.59. The van der Waals surface area contributed by atoms with Gasteiger partial charge >= 0.3 is 0 Å². The summed E-state index contributed by atoms with van der Waals surface area (Å²) in [6.45, 7) is 1.70. The Morgan fingerprint density at radius 1 is 1.55 bits per heavy atom. The van der Waals surface area contributed by atoms with E-state index in [4.69, 9.17) is 21.4 Å². The van der Waals surface area contributed by atoms with E-state index in [0.29, 0.717) is 19.3 Å². The molecule has 0 saturated heterocycles. The van der Waals surface area contributed by atoms with Gasteiger partial charge in [-0.2, -0.15) is 0 Å². The standard InChI is InChI=1S/C7H16N2O2/c1-2-7(10,11)5-3-4-6(8)9/h10-11H,2-5H2,1H3,(H3,8,9). The summed E-state index contributed by atoms with van der Waals surface area (Å²) in [5.74, 6) is -1.48. The van der Waals surface area contributed by atoms with Gasteiger partial charge in [0.25, 0.3) is 0 Å². The molecule has 0 aromatic carbocycles. The number of amidine groups is 1. The Morgan fingerprint density at radius 2 is 2.09 bits per heavy atom. The monoisotopic (exact) mass is 160 g/mol. The summed E-state index contributed by atoms with van der Waals surface area (Å²) in [6.07, 6.45) is 1.58. The molecule has 0 heterocycles. The maximum atomic E-state index is 9.08. The minimum Gasteiger partial charge on any atom is -0.388 e. The largest absolute Gasteiger partial charge is 0.388 e. The molecule has 0 spiro atoms. The molecule has 0 amide bonds. The second kappa shape index (κ2) is 4.31. The van der Waals surface area contributed by atoms with Gasteiger partial charge in [-0.15, -0.1) is 0 Å². The second-order valence-corrected chi connectivity index (χ2v) is 2.71. The molecule has 0 aliphatic carbocycles. The third kappa shape index (κ3) is 5.82. The van der Waals surface area contributed by atoms with Crippen LogP contribution >= 0.6 is 0 Å². The Balaban J connectivity index is 3.45. The van der Waals surface area contributed by atoms with Crippen molar-refractivity contribution in [1.29, 1.82) is 5.41 Å². The average Bonchev–Trinajstić information content (AvgIpc) is 1.87. The first-order valence-corrected chi connectivity index (χ1v) is 3.75. The highest BCUT2D eigenvalue weighted by Crippen LogP contribution is 2.13. The van der Waals surface area contributed by atoms with E-state index >= 15 is 0 Å². The lowest BCUT2D eigenvalue weighted by Crippen LogP contribution is -2.27. The number of nitrogens with two attached hydrogens (primary N) is 1. The van der Waals surface area contributed by atoms with Crippen molar-refractivity contribution >= 4 is 5.84 Å². The van der Waals surface area contributed by atoms with Gasteiger partial charge < -0.3 is 15.9 Å². The van der Waals surface area contributed by atoms with Crippen LogP contribution in [0, 0.1) is 5.41 Å². The Kier molecular flexibility index (Phi) is 4.07. The van der Waals surface area contributed by atoms with Crippen molar-refractivity contribution in [2.75, 3.05) is 0 Å². The van der Waals surface area contributed by atoms with E-state index in [1.165, 1.54) is 0 Å². The fourth-order valence-electron chi connectivity index (χ4n) is 0.739. The molecule has 0 bridgehead atoms. The third-order valence-corrected chi connectivity index (χ3v) is 1.59. The SMILES string of the molecule is CCC(O)(O)CCCC(=N)N. The van der Waals surface area contributed by atoms with Crippen molar-refractivity contribution in [1.82, 2.24) is 0 Å². The highest BCUT2D eigenvalue weighted by atomic mass is 16.5. The first kappa shape index (κ1) is 10.4. The van der Waals surface area contributed by atoms with Crippen LogP contribution in [0.1, 0.15) is 32.6 Å². The zero-order valence-electron chi connectivity index (χ0n) is 6.80. The van der Waals surface area contributed by atoms with Crippen LogP contribution in [0.15, 0.2) is 0 Å². The lowest BCUT2D eigenvalue weighted by atomic mass is 10.1. The number of aliphatic hydroxyl groups is 2. The summed E-state index contributed by atoms with van der Waals surface area (Å²) >= 11 is 0. The maximum Gasteiger partial charge on any atom is 0.162 e. The average molecular weight is 160 g/mol. The highest BCUT2D eigenvalue weighted by molar-refractivity contribution is 5.76. The van der Waals surface area contributed by atoms with Crippen molar-refractivity contribution in [2.24, 2.45) is 5.73 Å². The minimum absolute atomic E-state index is 0.0944. The Morgan fingerprint density at radius 3 is 2.45 bits per heavy atom. The predicted molar refractivity (Wildman–Crippen MR) is 43.2 cm³/mol. The fourth-order valence-corrected chi connectivity index (χ4v) is 0.739. The van der Waals surface area contributed by atoms with E-state index in [-0.39, 0.29) is 12.3 Å². The van der Waals surface area contributed by atoms with Crippen LogP contribution in [-0.2, 0) is 0 Å². The van der Waals surface area contributed by atoms with Gasteiger partial charge in [-0.25, -0.2) is 0 Å². The highest BCUT2D eigenvalue weighted by Gasteiger charge is 2.18. The summed E-state index contributed by atoms with van der Waals surface area (Å²) in [6, 6.07) is 0. The van der Waals surface area contributed by atoms with Gasteiger partial charge in [-0.05, 0) is 12.8 Å². The summed E-state index contributed by atoms with van der Waals surface area (Å²) in [7, 11) is 0. The molecule has 0 aliphatic heterocycles. The predicted octanol–water partition coefficient (Wildman–Crippen LogP) is 0.184. The first-order chi connectivity index (χ1) is 4.98. The van der Waals surface area contributed by atoms with Crippen LogP contribution in [0.5, 0.6) is 0 Å². The molecule has 0 saturated carbocycles. The number of rotatable bonds is 5. The van der Waals surface area contributed by atoms with Crippen LogP contribution < -0.4 is 5.73 Å². The fraction of sp³-hybridized carbons (Fsp3) is 0.857. The van der Waals surface area contributed by atoms with Crippen molar-refractivity contribution in [3.63, 3.8) is 0 Å². The summed E-state index contributed by atoms with van der Waals surface area (Å²) in [5.41, 5.74) is 5.08. The lowest BCUT2D eigenvalue weighted by Gasteiger charge is -2.18. The molecule has 4 nitrogen and oxygen atoms in total. The van der Waals surface area contributed by atoms with Crippen LogP contribution in [0.25, 0.3) is 0 Å². The van der Waals surface area contributed by atoms with Gasteiger partial charge in [0.2, 0.25) is 0 Å². The van der Waals surface area contributed by atoms with E-state index in [2.05, 4.69) is 0 Å². The molecular formula is C7H16N2O2. The van der Waals surface area contributed by atoms with Crippen LogP contribution in [0.4, 0.5) is 0 Å². The van der Waals surface area contributed by atoms with Gasteiger partial charge in [-0.3, -0.25) is 5.41 Å². The molecule has 0 aliphatic rings. The van der Waals surface area contributed by atoms with E-state index < -0.39 is 5.79 Å². The first-order valence-electron chi connectivity index (χ1n) is 3.75. The topological polar surface area (TPSA) is 90.3 Å². The zero-order valence-corrected chi connectivity index (χ0v) is 6.80. The van der Waals surface area contributed by atoms with Crippen molar-refractivity contribution in [3.8, 4) is 0 Å². The quantitative estimate of drug-likeness (QED) is 0.263. The Labute approximate surface area is 66.5 Å². The van der Waals surface area contributed by atoms with E-state index in [1.807, 2.05) is 0 Å². The molecule has 0 rings (SSSR count). The van der Waals surface area contributed by atoms with Crippen LogP contribution in [0.2, 0.25) is 0 Å².